The van der Waals surface area contributed by atoms with Crippen LogP contribution in [0.1, 0.15) is 19.8 Å². The van der Waals surface area contributed by atoms with Crippen molar-refractivity contribution in [3.8, 4) is 0 Å². The summed E-state index contributed by atoms with van der Waals surface area (Å²) in [7, 11) is 0. The Morgan fingerprint density at radius 2 is 2.06 bits per heavy atom. The number of thioether (sulfide) groups is 1. The maximum atomic E-state index is 12.3. The lowest BCUT2D eigenvalue weighted by molar-refractivity contribution is -0.113. The van der Waals surface area contributed by atoms with Crippen LogP contribution in [0.25, 0.3) is 0 Å². The number of unbranched alkanes of at least 4 members (excludes halogenated alkanes) is 1. The lowest BCUT2D eigenvalue weighted by atomic mass is 10.3. The van der Waals surface area contributed by atoms with Crippen LogP contribution >= 0.6 is 23.4 Å². The summed E-state index contributed by atoms with van der Waals surface area (Å²) in [5.74, 6) is 0.989. The van der Waals surface area contributed by atoms with Gasteiger partial charge < -0.3 is 4.90 Å². The summed E-state index contributed by atoms with van der Waals surface area (Å²) >= 11 is 7.77. The lowest BCUT2D eigenvalue weighted by Gasteiger charge is -2.16. The van der Waals surface area contributed by atoms with Gasteiger partial charge in [-0.2, -0.15) is 0 Å². The molecule has 96 valence electrons. The fraction of sp³-hybridized carbons (Fsp3) is 0.357. The first-order valence-electron chi connectivity index (χ1n) is 6.12. The zero-order valence-electron chi connectivity index (χ0n) is 10.4. The van der Waals surface area contributed by atoms with Crippen molar-refractivity contribution < 1.29 is 4.79 Å². The van der Waals surface area contributed by atoms with Gasteiger partial charge in [0.15, 0.2) is 0 Å². The van der Waals surface area contributed by atoms with E-state index in [0.717, 1.165) is 24.3 Å². The normalized spacial score (nSPS) is 15.7. The summed E-state index contributed by atoms with van der Waals surface area (Å²) in [6.45, 7) is 2.64. The van der Waals surface area contributed by atoms with Crippen LogP contribution < -0.4 is 4.90 Å². The van der Waals surface area contributed by atoms with E-state index in [4.69, 9.17) is 11.6 Å². The zero-order valence-corrected chi connectivity index (χ0v) is 11.9. The van der Waals surface area contributed by atoms with Crippen molar-refractivity contribution in [3.63, 3.8) is 0 Å². The van der Waals surface area contributed by atoms with Gasteiger partial charge in [0.25, 0.3) is 5.91 Å². The van der Waals surface area contributed by atoms with Gasteiger partial charge in [-0.25, -0.2) is 0 Å². The number of nitrogens with zero attached hydrogens (tertiary/aromatic N) is 1. The van der Waals surface area contributed by atoms with Crippen molar-refractivity contribution in [2.45, 2.75) is 19.8 Å². The fourth-order valence-electron chi connectivity index (χ4n) is 1.80. The van der Waals surface area contributed by atoms with Gasteiger partial charge in [0, 0.05) is 5.69 Å². The Balaban J connectivity index is 2.07. The number of halogens is 1. The number of rotatable bonds is 5. The number of carbonyl (C=O) groups is 1. The van der Waals surface area contributed by atoms with Crippen LogP contribution in [0.5, 0.6) is 0 Å². The molecule has 0 N–H and O–H groups in total. The maximum absolute atomic E-state index is 12.3. The molecule has 0 aliphatic carbocycles. The summed E-state index contributed by atoms with van der Waals surface area (Å²) in [6.07, 6.45) is 2.24. The van der Waals surface area contributed by atoms with E-state index in [0.29, 0.717) is 16.5 Å². The first-order chi connectivity index (χ1) is 8.74. The summed E-state index contributed by atoms with van der Waals surface area (Å²) in [5.41, 5.74) is 0.909. The Labute approximate surface area is 117 Å². The highest BCUT2D eigenvalue weighted by Gasteiger charge is 2.30. The van der Waals surface area contributed by atoms with Crippen LogP contribution in [0.2, 0.25) is 0 Å². The van der Waals surface area contributed by atoms with Gasteiger partial charge in [-0.05, 0) is 24.3 Å². The number of anilines is 1. The Kier molecular flexibility index (Phi) is 4.72. The highest BCUT2D eigenvalue weighted by atomic mass is 35.5. The topological polar surface area (TPSA) is 20.3 Å². The number of hydrogen-bond donors (Lipinski definition) is 0. The first-order valence-corrected chi connectivity index (χ1v) is 7.48. The third-order valence-corrected chi connectivity index (χ3v) is 4.42. The molecule has 18 heavy (non-hydrogen) atoms. The summed E-state index contributed by atoms with van der Waals surface area (Å²) in [4.78, 5) is 14.7. The highest BCUT2D eigenvalue weighted by Crippen LogP contribution is 2.34. The van der Waals surface area contributed by atoms with Gasteiger partial charge >= 0.3 is 0 Å². The van der Waals surface area contributed by atoms with Gasteiger partial charge in [-0.3, -0.25) is 4.79 Å². The minimum absolute atomic E-state index is 0.0345. The monoisotopic (exact) mass is 281 g/mol. The Morgan fingerprint density at radius 3 is 2.72 bits per heavy atom. The summed E-state index contributed by atoms with van der Waals surface area (Å²) < 4.78 is 0. The molecule has 1 aromatic carbocycles. The Hall–Kier alpha value is -0.930. The predicted octanol–water partition coefficient (Wildman–Crippen LogP) is 4.02. The summed E-state index contributed by atoms with van der Waals surface area (Å²) in [5, 5.41) is 0.671. The van der Waals surface area contributed by atoms with Crippen molar-refractivity contribution in [2.24, 2.45) is 0 Å². The molecule has 1 aliphatic rings. The van der Waals surface area contributed by atoms with Gasteiger partial charge in [0.05, 0.1) is 16.5 Å². The quantitative estimate of drug-likeness (QED) is 0.760. The number of amides is 1. The standard InChI is InChI=1S/C14H16ClNOS/c1-2-3-9-18-13-12(15)10-16(14(13)17)11-7-5-4-6-8-11/h4-8H,2-3,9-10H2,1H3. The SMILES string of the molecule is CCCCSC1=C(Cl)CN(c2ccccc2)C1=O. The van der Waals surface area contributed by atoms with E-state index in [2.05, 4.69) is 6.92 Å². The van der Waals surface area contributed by atoms with Gasteiger partial charge in [0.2, 0.25) is 0 Å². The lowest BCUT2D eigenvalue weighted by Crippen LogP contribution is -2.26. The van der Waals surface area contributed by atoms with E-state index < -0.39 is 0 Å². The molecular weight excluding hydrogens is 266 g/mol. The fourth-order valence-corrected chi connectivity index (χ4v) is 3.25. The molecule has 0 radical (unpaired) electrons. The Bertz CT molecular complexity index is 458. The third-order valence-electron chi connectivity index (χ3n) is 2.79. The molecule has 0 saturated carbocycles. The van der Waals surface area contributed by atoms with Crippen LogP contribution in [0.3, 0.4) is 0 Å². The van der Waals surface area contributed by atoms with E-state index in [1.165, 1.54) is 0 Å². The molecule has 0 spiro atoms. The molecule has 1 aromatic rings. The molecule has 2 rings (SSSR count). The maximum Gasteiger partial charge on any atom is 0.266 e. The van der Waals surface area contributed by atoms with Crippen molar-refractivity contribution in [3.05, 3.63) is 40.3 Å². The van der Waals surface area contributed by atoms with E-state index in [9.17, 15) is 4.79 Å². The van der Waals surface area contributed by atoms with Crippen LogP contribution in [0.15, 0.2) is 40.3 Å². The van der Waals surface area contributed by atoms with Crippen molar-refractivity contribution in [1.82, 2.24) is 0 Å². The molecule has 1 aliphatic heterocycles. The second-order valence-corrected chi connectivity index (χ2v) is 5.72. The molecule has 0 aromatic heterocycles. The van der Waals surface area contributed by atoms with Crippen molar-refractivity contribution >= 4 is 35.0 Å². The minimum Gasteiger partial charge on any atom is -0.303 e. The molecule has 0 fully saturated rings. The largest absolute Gasteiger partial charge is 0.303 e. The average Bonchev–Trinajstić information content (AvgIpc) is 2.68. The minimum atomic E-state index is 0.0345. The van der Waals surface area contributed by atoms with Crippen LogP contribution in [-0.2, 0) is 4.79 Å². The summed E-state index contributed by atoms with van der Waals surface area (Å²) in [6, 6.07) is 9.66. The smallest absolute Gasteiger partial charge is 0.266 e. The molecule has 2 nitrogen and oxygen atoms in total. The molecule has 0 unspecified atom stereocenters. The molecule has 4 heteroatoms. The Morgan fingerprint density at radius 1 is 1.33 bits per heavy atom. The van der Waals surface area contributed by atoms with Crippen molar-refractivity contribution in [1.29, 1.82) is 0 Å². The second kappa shape index (κ2) is 6.30. The second-order valence-electron chi connectivity index (χ2n) is 4.16. The van der Waals surface area contributed by atoms with Gasteiger partial charge in [-0.1, -0.05) is 43.1 Å². The number of hydrogen-bond acceptors (Lipinski definition) is 2. The highest BCUT2D eigenvalue weighted by molar-refractivity contribution is 8.04. The third kappa shape index (κ3) is 2.90. The average molecular weight is 282 g/mol. The number of carbonyl (C=O) groups excluding carboxylic acids is 1. The van der Waals surface area contributed by atoms with E-state index in [-0.39, 0.29) is 5.91 Å². The number of para-hydroxylation sites is 1. The zero-order chi connectivity index (χ0) is 13.0. The van der Waals surface area contributed by atoms with E-state index in [1.807, 2.05) is 30.3 Å². The van der Waals surface area contributed by atoms with Gasteiger partial charge in [0.1, 0.15) is 0 Å². The molecular formula is C14H16ClNOS. The van der Waals surface area contributed by atoms with Crippen LogP contribution in [-0.4, -0.2) is 18.2 Å². The van der Waals surface area contributed by atoms with E-state index in [1.54, 1.807) is 16.7 Å². The van der Waals surface area contributed by atoms with Gasteiger partial charge in [-0.15, -0.1) is 11.8 Å². The predicted molar refractivity (Wildman–Crippen MR) is 79.0 cm³/mol. The van der Waals surface area contributed by atoms with Crippen molar-refractivity contribution in [2.75, 3.05) is 17.2 Å². The molecule has 0 bridgehead atoms. The van der Waals surface area contributed by atoms with Crippen LogP contribution in [0.4, 0.5) is 5.69 Å². The number of benzene rings is 1. The van der Waals surface area contributed by atoms with E-state index >= 15 is 0 Å². The molecule has 0 saturated heterocycles. The molecule has 1 heterocycles. The first kappa shape index (κ1) is 13.5. The molecule has 0 atom stereocenters. The molecule has 1 amide bonds. The van der Waals surface area contributed by atoms with Crippen LogP contribution in [0, 0.1) is 0 Å².